The number of ether oxygens (including phenoxy) is 1. The van der Waals surface area contributed by atoms with Gasteiger partial charge in [0.15, 0.2) is 0 Å². The Balaban J connectivity index is 1.86. The zero-order chi connectivity index (χ0) is 17.7. The quantitative estimate of drug-likeness (QED) is 0.803. The van der Waals surface area contributed by atoms with Gasteiger partial charge in [-0.2, -0.15) is 13.9 Å². The number of aryl methyl sites for hydroxylation is 1. The maximum absolute atomic E-state index is 12.1. The average molecular weight is 339 g/mol. The second-order valence-corrected chi connectivity index (χ2v) is 5.65. The Morgan fingerprint density at radius 2 is 2.08 bits per heavy atom. The Morgan fingerprint density at radius 1 is 1.42 bits per heavy atom. The van der Waals surface area contributed by atoms with Crippen LogP contribution < -0.4 is 10.1 Å². The zero-order valence-electron chi connectivity index (χ0n) is 13.4. The second-order valence-electron chi connectivity index (χ2n) is 5.65. The van der Waals surface area contributed by atoms with Crippen LogP contribution >= 0.6 is 0 Å². The van der Waals surface area contributed by atoms with Gasteiger partial charge in [0, 0.05) is 18.8 Å². The van der Waals surface area contributed by atoms with E-state index in [1.165, 1.54) is 30.5 Å². The van der Waals surface area contributed by atoms with Gasteiger partial charge in [-0.05, 0) is 24.6 Å². The first-order chi connectivity index (χ1) is 11.3. The van der Waals surface area contributed by atoms with Gasteiger partial charge in [-0.1, -0.05) is 12.1 Å². The van der Waals surface area contributed by atoms with E-state index in [1.54, 1.807) is 24.9 Å². The molecule has 24 heavy (non-hydrogen) atoms. The van der Waals surface area contributed by atoms with Gasteiger partial charge in [0.2, 0.25) is 5.91 Å². The van der Waals surface area contributed by atoms with E-state index in [-0.39, 0.29) is 24.6 Å². The lowest BCUT2D eigenvalue weighted by atomic mass is 9.99. The standard InChI is InChI=1S/C16H19F2N3O3/c1-16(23,12-8-20-21(2)9-12)10-19-14(22)7-11-3-5-13(6-4-11)24-15(17)18/h3-6,8-9,15,23H,7,10H2,1-2H3,(H,19,22). The molecule has 0 aliphatic heterocycles. The highest BCUT2D eigenvalue weighted by Gasteiger charge is 2.25. The second kappa shape index (κ2) is 7.39. The smallest absolute Gasteiger partial charge is 0.387 e. The molecular formula is C16H19F2N3O3. The monoisotopic (exact) mass is 339 g/mol. The predicted molar refractivity (Wildman–Crippen MR) is 82.6 cm³/mol. The van der Waals surface area contributed by atoms with Gasteiger partial charge in [0.25, 0.3) is 0 Å². The number of alkyl halides is 2. The number of nitrogens with one attached hydrogen (secondary N) is 1. The number of nitrogens with zero attached hydrogens (tertiary/aromatic N) is 2. The summed E-state index contributed by atoms with van der Waals surface area (Å²) in [6.45, 7) is -1.26. The molecule has 8 heteroatoms. The number of carbonyl (C=O) groups excluding carboxylic acids is 1. The molecule has 0 aliphatic carbocycles. The molecule has 1 aromatic heterocycles. The summed E-state index contributed by atoms with van der Waals surface area (Å²) >= 11 is 0. The van der Waals surface area contributed by atoms with Crippen LogP contribution in [0.3, 0.4) is 0 Å². The molecule has 1 aromatic carbocycles. The molecule has 1 heterocycles. The number of hydrogen-bond acceptors (Lipinski definition) is 4. The maximum atomic E-state index is 12.1. The van der Waals surface area contributed by atoms with Crippen molar-refractivity contribution < 1.29 is 23.4 Å². The molecule has 1 unspecified atom stereocenters. The maximum Gasteiger partial charge on any atom is 0.387 e. The summed E-state index contributed by atoms with van der Waals surface area (Å²) in [4.78, 5) is 12.0. The van der Waals surface area contributed by atoms with Crippen LogP contribution in [0, 0.1) is 0 Å². The molecule has 6 nitrogen and oxygen atoms in total. The van der Waals surface area contributed by atoms with E-state index in [0.29, 0.717) is 11.1 Å². The van der Waals surface area contributed by atoms with Crippen LogP contribution in [0.2, 0.25) is 0 Å². The highest BCUT2D eigenvalue weighted by Crippen LogP contribution is 2.19. The third-order valence-electron chi connectivity index (χ3n) is 3.47. The fourth-order valence-electron chi connectivity index (χ4n) is 2.11. The molecule has 0 aliphatic rings. The lowest BCUT2D eigenvalue weighted by molar-refractivity contribution is -0.121. The molecule has 1 atom stereocenters. The van der Waals surface area contributed by atoms with Crippen molar-refractivity contribution in [1.82, 2.24) is 15.1 Å². The molecule has 2 rings (SSSR count). The first kappa shape index (κ1) is 17.9. The number of halogens is 2. The van der Waals surface area contributed by atoms with Crippen molar-refractivity contribution in [2.45, 2.75) is 25.6 Å². The summed E-state index contributed by atoms with van der Waals surface area (Å²) < 4.78 is 29.9. The Hall–Kier alpha value is -2.48. The minimum atomic E-state index is -2.88. The third-order valence-corrected chi connectivity index (χ3v) is 3.47. The van der Waals surface area contributed by atoms with Crippen LogP contribution in [0.15, 0.2) is 36.7 Å². The Kier molecular flexibility index (Phi) is 5.50. The molecule has 0 fully saturated rings. The minimum Gasteiger partial charge on any atom is -0.435 e. The first-order valence-electron chi connectivity index (χ1n) is 7.28. The van der Waals surface area contributed by atoms with Crippen LogP contribution in [0.4, 0.5) is 8.78 Å². The number of amides is 1. The van der Waals surface area contributed by atoms with Crippen molar-refractivity contribution in [2.75, 3.05) is 6.54 Å². The molecule has 0 saturated heterocycles. The van der Waals surface area contributed by atoms with Crippen molar-refractivity contribution in [3.63, 3.8) is 0 Å². The van der Waals surface area contributed by atoms with Crippen LogP contribution in [0.5, 0.6) is 5.75 Å². The Bertz CT molecular complexity index is 684. The van der Waals surface area contributed by atoms with Gasteiger partial charge in [0.1, 0.15) is 11.4 Å². The average Bonchev–Trinajstić information content (AvgIpc) is 2.94. The van der Waals surface area contributed by atoms with Crippen molar-refractivity contribution in [1.29, 1.82) is 0 Å². The number of aromatic nitrogens is 2. The van der Waals surface area contributed by atoms with Crippen molar-refractivity contribution in [3.8, 4) is 5.75 Å². The summed E-state index contributed by atoms with van der Waals surface area (Å²) in [7, 11) is 1.74. The first-order valence-corrected chi connectivity index (χ1v) is 7.28. The lowest BCUT2D eigenvalue weighted by Gasteiger charge is -2.22. The summed E-state index contributed by atoms with van der Waals surface area (Å²) in [6, 6.07) is 5.83. The minimum absolute atomic E-state index is 0.0318. The number of rotatable bonds is 7. The molecule has 2 aromatic rings. The van der Waals surface area contributed by atoms with Crippen molar-refractivity contribution >= 4 is 5.91 Å². The molecule has 130 valence electrons. The highest BCUT2D eigenvalue weighted by molar-refractivity contribution is 5.78. The normalized spacial score (nSPS) is 13.6. The highest BCUT2D eigenvalue weighted by atomic mass is 19.3. The molecule has 2 N–H and O–H groups in total. The lowest BCUT2D eigenvalue weighted by Crippen LogP contribution is -2.39. The molecular weight excluding hydrogens is 320 g/mol. The topological polar surface area (TPSA) is 76.4 Å². The fraction of sp³-hybridized carbons (Fsp3) is 0.375. The van der Waals surface area contributed by atoms with Crippen LogP contribution in [-0.4, -0.2) is 34.0 Å². The largest absolute Gasteiger partial charge is 0.435 e. The summed E-state index contributed by atoms with van der Waals surface area (Å²) in [5.74, 6) is -0.254. The SMILES string of the molecule is Cn1cc(C(C)(O)CNC(=O)Cc2ccc(OC(F)F)cc2)cn1. The van der Waals surface area contributed by atoms with Gasteiger partial charge in [0.05, 0.1) is 19.2 Å². The number of hydrogen-bond donors (Lipinski definition) is 2. The van der Waals surface area contributed by atoms with Crippen LogP contribution in [-0.2, 0) is 23.9 Å². The van der Waals surface area contributed by atoms with E-state index in [4.69, 9.17) is 0 Å². The van der Waals surface area contributed by atoms with Gasteiger partial charge < -0.3 is 15.2 Å². The van der Waals surface area contributed by atoms with E-state index >= 15 is 0 Å². The number of aliphatic hydroxyl groups is 1. The van der Waals surface area contributed by atoms with Crippen LogP contribution in [0.1, 0.15) is 18.1 Å². The van der Waals surface area contributed by atoms with E-state index in [1.807, 2.05) is 0 Å². The zero-order valence-corrected chi connectivity index (χ0v) is 13.4. The van der Waals surface area contributed by atoms with Gasteiger partial charge in [-0.25, -0.2) is 0 Å². The molecule has 0 radical (unpaired) electrons. The van der Waals surface area contributed by atoms with E-state index < -0.39 is 12.2 Å². The molecule has 0 saturated carbocycles. The van der Waals surface area contributed by atoms with E-state index in [2.05, 4.69) is 15.2 Å². The Morgan fingerprint density at radius 3 is 2.62 bits per heavy atom. The number of benzene rings is 1. The molecule has 0 spiro atoms. The fourth-order valence-corrected chi connectivity index (χ4v) is 2.11. The van der Waals surface area contributed by atoms with Gasteiger partial charge in [-0.3, -0.25) is 9.48 Å². The summed E-state index contributed by atoms with van der Waals surface area (Å²) in [5.41, 5.74) is 0.00717. The number of carbonyl (C=O) groups is 1. The van der Waals surface area contributed by atoms with Crippen molar-refractivity contribution in [2.24, 2.45) is 7.05 Å². The van der Waals surface area contributed by atoms with Crippen molar-refractivity contribution in [3.05, 3.63) is 47.8 Å². The predicted octanol–water partition coefficient (Wildman–Crippen LogP) is 1.59. The molecule has 0 bridgehead atoms. The molecule has 1 amide bonds. The third kappa shape index (κ3) is 5.02. The summed E-state index contributed by atoms with van der Waals surface area (Å²) in [5, 5.41) is 17.0. The Labute approximate surface area is 138 Å². The van der Waals surface area contributed by atoms with E-state index in [0.717, 1.165) is 0 Å². The summed E-state index contributed by atoms with van der Waals surface area (Å²) in [6.07, 6.45) is 3.28. The van der Waals surface area contributed by atoms with Gasteiger partial charge in [-0.15, -0.1) is 0 Å². The van der Waals surface area contributed by atoms with Crippen LogP contribution in [0.25, 0.3) is 0 Å². The van der Waals surface area contributed by atoms with Gasteiger partial charge >= 0.3 is 6.61 Å². The van der Waals surface area contributed by atoms with E-state index in [9.17, 15) is 18.7 Å².